The van der Waals surface area contributed by atoms with Crippen molar-refractivity contribution >= 4 is 17.5 Å². The van der Waals surface area contributed by atoms with Gasteiger partial charge in [-0.3, -0.25) is 9.78 Å². The minimum absolute atomic E-state index is 0.0336. The van der Waals surface area contributed by atoms with Crippen LogP contribution in [0.1, 0.15) is 49.4 Å². The Kier molecular flexibility index (Phi) is 4.59. The van der Waals surface area contributed by atoms with Gasteiger partial charge in [0.25, 0.3) is 5.91 Å². The second kappa shape index (κ2) is 6.19. The maximum Gasteiger partial charge on any atom is 0.257 e. The van der Waals surface area contributed by atoms with E-state index in [0.717, 1.165) is 32.2 Å². The third-order valence-corrected chi connectivity index (χ3v) is 3.84. The molecule has 98 valence electrons. The third kappa shape index (κ3) is 2.83. The van der Waals surface area contributed by atoms with Crippen molar-refractivity contribution in [3.05, 3.63) is 29.0 Å². The summed E-state index contributed by atoms with van der Waals surface area (Å²) >= 11 is 6.08. The van der Waals surface area contributed by atoms with Gasteiger partial charge in [-0.25, -0.2) is 0 Å². The standard InChI is InChI=1S/C14H19ClN2O/c1-2-5-11-6-3-4-9-17(11)14(18)12-10-16-8-7-13(12)15/h7-8,10-11H,2-6,9H2,1H3. The molecule has 4 heteroatoms. The first-order valence-electron chi connectivity index (χ1n) is 6.64. The van der Waals surface area contributed by atoms with Crippen molar-refractivity contribution in [1.82, 2.24) is 9.88 Å². The Hall–Kier alpha value is -1.09. The summed E-state index contributed by atoms with van der Waals surface area (Å²) in [6.45, 7) is 3.00. The van der Waals surface area contributed by atoms with Crippen molar-refractivity contribution in [2.24, 2.45) is 0 Å². The molecule has 1 aliphatic heterocycles. The van der Waals surface area contributed by atoms with E-state index in [9.17, 15) is 4.79 Å². The number of carbonyl (C=O) groups is 1. The Morgan fingerprint density at radius 1 is 1.56 bits per heavy atom. The van der Waals surface area contributed by atoms with Crippen LogP contribution < -0.4 is 0 Å². The molecule has 1 fully saturated rings. The summed E-state index contributed by atoms with van der Waals surface area (Å²) in [5.41, 5.74) is 0.530. The topological polar surface area (TPSA) is 33.2 Å². The third-order valence-electron chi connectivity index (χ3n) is 3.51. The number of rotatable bonds is 3. The Bertz CT molecular complexity index is 420. The van der Waals surface area contributed by atoms with Crippen LogP contribution in [0.15, 0.2) is 18.5 Å². The van der Waals surface area contributed by atoms with E-state index >= 15 is 0 Å². The molecule has 0 spiro atoms. The van der Waals surface area contributed by atoms with Crippen LogP contribution in [0.3, 0.4) is 0 Å². The lowest BCUT2D eigenvalue weighted by Crippen LogP contribution is -2.43. The molecule has 1 aromatic heterocycles. The molecule has 2 rings (SSSR count). The van der Waals surface area contributed by atoms with Gasteiger partial charge in [-0.2, -0.15) is 0 Å². The average Bonchev–Trinajstić information content (AvgIpc) is 2.40. The second-order valence-corrected chi connectivity index (χ2v) is 5.20. The molecule has 0 aliphatic carbocycles. The highest BCUT2D eigenvalue weighted by Crippen LogP contribution is 2.25. The number of pyridine rings is 1. The van der Waals surface area contributed by atoms with E-state index in [4.69, 9.17) is 11.6 Å². The lowest BCUT2D eigenvalue weighted by Gasteiger charge is -2.36. The van der Waals surface area contributed by atoms with Gasteiger partial charge in [0.15, 0.2) is 0 Å². The summed E-state index contributed by atoms with van der Waals surface area (Å²) in [4.78, 5) is 18.5. The number of hydrogen-bond donors (Lipinski definition) is 0. The Labute approximate surface area is 113 Å². The van der Waals surface area contributed by atoms with Crippen molar-refractivity contribution in [3.63, 3.8) is 0 Å². The molecule has 0 N–H and O–H groups in total. The molecule has 18 heavy (non-hydrogen) atoms. The first kappa shape index (κ1) is 13.3. The summed E-state index contributed by atoms with van der Waals surface area (Å²) in [6.07, 6.45) is 8.77. The highest BCUT2D eigenvalue weighted by molar-refractivity contribution is 6.33. The van der Waals surface area contributed by atoms with Gasteiger partial charge in [0, 0.05) is 25.0 Å². The number of aromatic nitrogens is 1. The molecule has 3 nitrogen and oxygen atoms in total. The Balaban J connectivity index is 2.18. The molecule has 2 heterocycles. The smallest absolute Gasteiger partial charge is 0.257 e. The highest BCUT2D eigenvalue weighted by atomic mass is 35.5. The molecule has 1 amide bonds. The quantitative estimate of drug-likeness (QED) is 0.839. The van der Waals surface area contributed by atoms with Crippen LogP contribution in [0.5, 0.6) is 0 Å². The molecule has 0 saturated carbocycles. The minimum atomic E-state index is 0.0336. The van der Waals surface area contributed by atoms with Crippen molar-refractivity contribution in [1.29, 1.82) is 0 Å². The summed E-state index contributed by atoms with van der Waals surface area (Å²) < 4.78 is 0. The summed E-state index contributed by atoms with van der Waals surface area (Å²) in [5, 5.41) is 0.496. The van der Waals surface area contributed by atoms with E-state index in [1.54, 1.807) is 18.5 Å². The molecule has 1 unspecified atom stereocenters. The van der Waals surface area contributed by atoms with Crippen LogP contribution in [0.25, 0.3) is 0 Å². The first-order valence-corrected chi connectivity index (χ1v) is 7.02. The Morgan fingerprint density at radius 2 is 2.39 bits per heavy atom. The zero-order chi connectivity index (χ0) is 13.0. The lowest BCUT2D eigenvalue weighted by atomic mass is 9.97. The highest BCUT2D eigenvalue weighted by Gasteiger charge is 2.27. The number of carbonyl (C=O) groups excluding carboxylic acids is 1. The molecule has 0 aromatic carbocycles. The molecule has 1 atom stereocenters. The largest absolute Gasteiger partial charge is 0.336 e. The van der Waals surface area contributed by atoms with E-state index in [-0.39, 0.29) is 5.91 Å². The molecule has 1 saturated heterocycles. The predicted molar refractivity (Wildman–Crippen MR) is 72.8 cm³/mol. The predicted octanol–water partition coefficient (Wildman–Crippen LogP) is 3.53. The molecule has 0 radical (unpaired) electrons. The summed E-state index contributed by atoms with van der Waals surface area (Å²) in [5.74, 6) is 0.0336. The molecular weight excluding hydrogens is 248 g/mol. The first-order chi connectivity index (χ1) is 8.74. The van der Waals surface area contributed by atoms with Crippen LogP contribution in [0.4, 0.5) is 0 Å². The van der Waals surface area contributed by atoms with E-state index in [1.807, 2.05) is 4.90 Å². The zero-order valence-corrected chi connectivity index (χ0v) is 11.5. The van der Waals surface area contributed by atoms with Crippen molar-refractivity contribution in [2.75, 3.05) is 6.54 Å². The molecular formula is C14H19ClN2O. The fourth-order valence-electron chi connectivity index (χ4n) is 2.59. The number of amides is 1. The van der Waals surface area contributed by atoms with Gasteiger partial charge in [-0.1, -0.05) is 24.9 Å². The zero-order valence-electron chi connectivity index (χ0n) is 10.7. The average molecular weight is 267 g/mol. The summed E-state index contributed by atoms with van der Waals surface area (Å²) in [6, 6.07) is 2.04. The summed E-state index contributed by atoms with van der Waals surface area (Å²) in [7, 11) is 0. The maximum atomic E-state index is 12.5. The number of likely N-dealkylation sites (tertiary alicyclic amines) is 1. The van der Waals surface area contributed by atoms with E-state index < -0.39 is 0 Å². The maximum absolute atomic E-state index is 12.5. The van der Waals surface area contributed by atoms with E-state index in [0.29, 0.717) is 16.6 Å². The number of halogens is 1. The fraction of sp³-hybridized carbons (Fsp3) is 0.571. The van der Waals surface area contributed by atoms with Gasteiger partial charge in [0.05, 0.1) is 10.6 Å². The van der Waals surface area contributed by atoms with Crippen LogP contribution in [0.2, 0.25) is 5.02 Å². The fourth-order valence-corrected chi connectivity index (χ4v) is 2.78. The van der Waals surface area contributed by atoms with Crippen LogP contribution in [-0.4, -0.2) is 28.4 Å². The SMILES string of the molecule is CCCC1CCCCN1C(=O)c1cnccc1Cl. The van der Waals surface area contributed by atoms with Gasteiger partial charge in [0.1, 0.15) is 0 Å². The van der Waals surface area contributed by atoms with Gasteiger partial charge in [0.2, 0.25) is 0 Å². The molecule has 1 aliphatic rings. The number of nitrogens with zero attached hydrogens (tertiary/aromatic N) is 2. The van der Waals surface area contributed by atoms with Gasteiger partial charge >= 0.3 is 0 Å². The molecule has 1 aromatic rings. The van der Waals surface area contributed by atoms with Crippen LogP contribution in [0, 0.1) is 0 Å². The van der Waals surface area contributed by atoms with Crippen molar-refractivity contribution in [2.45, 2.75) is 45.1 Å². The van der Waals surface area contributed by atoms with Crippen molar-refractivity contribution in [3.8, 4) is 0 Å². The van der Waals surface area contributed by atoms with Gasteiger partial charge in [-0.15, -0.1) is 0 Å². The van der Waals surface area contributed by atoms with Gasteiger partial charge in [-0.05, 0) is 31.7 Å². The van der Waals surface area contributed by atoms with E-state index in [1.165, 1.54) is 6.42 Å². The van der Waals surface area contributed by atoms with Gasteiger partial charge < -0.3 is 4.90 Å². The van der Waals surface area contributed by atoms with E-state index in [2.05, 4.69) is 11.9 Å². The number of piperidine rings is 1. The normalized spacial score (nSPS) is 19.9. The second-order valence-electron chi connectivity index (χ2n) is 4.79. The Morgan fingerprint density at radius 3 is 3.11 bits per heavy atom. The number of hydrogen-bond acceptors (Lipinski definition) is 2. The lowest BCUT2D eigenvalue weighted by molar-refractivity contribution is 0.0600. The van der Waals surface area contributed by atoms with Crippen LogP contribution in [-0.2, 0) is 0 Å². The van der Waals surface area contributed by atoms with Crippen LogP contribution >= 0.6 is 11.6 Å². The van der Waals surface area contributed by atoms with Crippen molar-refractivity contribution < 1.29 is 4.79 Å². The minimum Gasteiger partial charge on any atom is -0.336 e. The molecule has 0 bridgehead atoms. The monoisotopic (exact) mass is 266 g/mol.